The molecule has 4 saturated carbocycles. The lowest BCUT2D eigenvalue weighted by Gasteiger charge is -2.56. The molecule has 0 saturated heterocycles. The fourth-order valence-electron chi connectivity index (χ4n) is 7.31. The molecule has 1 N–H and O–H groups in total. The van der Waals surface area contributed by atoms with Crippen LogP contribution in [0.15, 0.2) is 48.7 Å². The Morgan fingerprint density at radius 2 is 1.74 bits per heavy atom. The summed E-state index contributed by atoms with van der Waals surface area (Å²) >= 11 is 0. The summed E-state index contributed by atoms with van der Waals surface area (Å²) in [5.74, 6) is 1.87. The molecule has 4 aliphatic carbocycles. The number of halogens is 1. The number of rotatable bonds is 6. The van der Waals surface area contributed by atoms with Crippen molar-refractivity contribution < 1.29 is 14.0 Å². The van der Waals surface area contributed by atoms with Crippen LogP contribution in [0.1, 0.15) is 64.9 Å². The van der Waals surface area contributed by atoms with Crippen molar-refractivity contribution in [2.24, 2.45) is 23.2 Å². The lowest BCUT2D eigenvalue weighted by molar-refractivity contribution is -0.0503. The van der Waals surface area contributed by atoms with E-state index >= 15 is 0 Å². The molecular formula is C28H31FN4O2. The molecule has 2 heterocycles. The Bertz CT molecular complexity index is 1250. The van der Waals surface area contributed by atoms with Crippen LogP contribution in [-0.2, 0) is 6.54 Å². The first-order valence-corrected chi connectivity index (χ1v) is 12.6. The number of amides is 2. The Balaban J connectivity index is 1.17. The van der Waals surface area contributed by atoms with Crippen molar-refractivity contribution in [3.8, 4) is 0 Å². The zero-order valence-corrected chi connectivity index (χ0v) is 20.0. The van der Waals surface area contributed by atoms with Crippen LogP contribution in [0.3, 0.4) is 0 Å². The van der Waals surface area contributed by atoms with E-state index in [1.807, 2.05) is 0 Å². The molecule has 1 aromatic carbocycles. The van der Waals surface area contributed by atoms with E-state index in [9.17, 15) is 14.0 Å². The van der Waals surface area contributed by atoms with Gasteiger partial charge in [-0.25, -0.2) is 8.91 Å². The highest BCUT2D eigenvalue weighted by atomic mass is 19.1. The maximum absolute atomic E-state index is 13.3. The van der Waals surface area contributed by atoms with Gasteiger partial charge in [0.2, 0.25) is 0 Å². The molecule has 0 radical (unpaired) electrons. The van der Waals surface area contributed by atoms with Crippen LogP contribution in [0.5, 0.6) is 0 Å². The molecule has 182 valence electrons. The zero-order valence-electron chi connectivity index (χ0n) is 20.0. The molecule has 0 aliphatic heterocycles. The molecule has 35 heavy (non-hydrogen) atoms. The SMILES string of the molecule is CN(Cc1ccc(F)cc1)C(=O)c1cc2c(C(=O)NCC34CC5CC(CC(C5)C3)C4)cccn2n1. The molecule has 4 bridgehead atoms. The van der Waals surface area contributed by atoms with Gasteiger partial charge in [0.05, 0.1) is 11.1 Å². The summed E-state index contributed by atoms with van der Waals surface area (Å²) in [6.07, 6.45) is 9.64. The van der Waals surface area contributed by atoms with Crippen molar-refractivity contribution in [3.63, 3.8) is 0 Å². The molecule has 3 aromatic rings. The van der Waals surface area contributed by atoms with Crippen LogP contribution in [0.4, 0.5) is 4.39 Å². The number of hydrogen-bond acceptors (Lipinski definition) is 3. The average molecular weight is 475 g/mol. The number of hydrogen-bond donors (Lipinski definition) is 1. The van der Waals surface area contributed by atoms with Crippen LogP contribution >= 0.6 is 0 Å². The van der Waals surface area contributed by atoms with Gasteiger partial charge >= 0.3 is 0 Å². The first kappa shape index (κ1) is 22.3. The predicted octanol–water partition coefficient (Wildman–Crippen LogP) is 4.69. The number of benzene rings is 1. The minimum atomic E-state index is -0.308. The molecule has 2 aromatic heterocycles. The third-order valence-corrected chi connectivity index (χ3v) is 8.43. The minimum Gasteiger partial charge on any atom is -0.351 e. The molecule has 0 unspecified atom stereocenters. The maximum atomic E-state index is 13.3. The van der Waals surface area contributed by atoms with Crippen molar-refractivity contribution in [2.45, 2.75) is 45.1 Å². The number of fused-ring (bicyclic) bond motifs is 1. The van der Waals surface area contributed by atoms with Crippen molar-refractivity contribution in [2.75, 3.05) is 13.6 Å². The average Bonchev–Trinajstić information content (AvgIpc) is 3.27. The Morgan fingerprint density at radius 3 is 2.40 bits per heavy atom. The van der Waals surface area contributed by atoms with Crippen LogP contribution in [0.2, 0.25) is 0 Å². The number of nitrogens with one attached hydrogen (secondary N) is 1. The number of nitrogens with zero attached hydrogens (tertiary/aromatic N) is 3. The Morgan fingerprint density at radius 1 is 1.09 bits per heavy atom. The van der Waals surface area contributed by atoms with Crippen LogP contribution < -0.4 is 5.32 Å². The lowest BCUT2D eigenvalue weighted by atomic mass is 9.49. The Labute approximate surface area is 204 Å². The number of carbonyl (C=O) groups is 2. The van der Waals surface area contributed by atoms with Gasteiger partial charge in [-0.15, -0.1) is 0 Å². The third kappa shape index (κ3) is 4.21. The normalized spacial score (nSPS) is 26.7. The van der Waals surface area contributed by atoms with Crippen molar-refractivity contribution in [1.82, 2.24) is 19.8 Å². The molecular weight excluding hydrogens is 443 g/mol. The summed E-state index contributed by atoms with van der Waals surface area (Å²) < 4.78 is 14.8. The van der Waals surface area contributed by atoms with E-state index in [1.165, 1.54) is 50.7 Å². The van der Waals surface area contributed by atoms with Gasteiger partial charge in [-0.1, -0.05) is 12.1 Å². The van der Waals surface area contributed by atoms with Crippen LogP contribution in [-0.4, -0.2) is 39.9 Å². The summed E-state index contributed by atoms with van der Waals surface area (Å²) in [6.45, 7) is 1.07. The summed E-state index contributed by atoms with van der Waals surface area (Å²) in [7, 11) is 1.69. The Hall–Kier alpha value is -3.22. The standard InChI is InChI=1S/C28H31FN4O2/c1-32(16-18-4-6-22(29)7-5-18)27(35)24-12-25-23(3-2-8-33(25)31-24)26(34)30-17-28-13-19-9-20(14-28)11-21(10-19)15-28/h2-8,12,19-21H,9-11,13-17H2,1H3,(H,30,34). The smallest absolute Gasteiger partial charge is 0.274 e. The van der Waals surface area contributed by atoms with E-state index in [0.29, 0.717) is 17.6 Å². The summed E-state index contributed by atoms with van der Waals surface area (Å²) in [6, 6.07) is 11.4. The molecule has 4 aliphatic rings. The number of pyridine rings is 1. The molecule has 6 nitrogen and oxygen atoms in total. The molecule has 4 fully saturated rings. The predicted molar refractivity (Wildman–Crippen MR) is 130 cm³/mol. The quantitative estimate of drug-likeness (QED) is 0.564. The second kappa shape index (κ2) is 8.47. The van der Waals surface area contributed by atoms with E-state index in [-0.39, 0.29) is 28.7 Å². The van der Waals surface area contributed by atoms with E-state index in [2.05, 4.69) is 10.4 Å². The van der Waals surface area contributed by atoms with Gasteiger partial charge in [-0.3, -0.25) is 9.59 Å². The summed E-state index contributed by atoms with van der Waals surface area (Å²) in [4.78, 5) is 27.8. The highest BCUT2D eigenvalue weighted by Gasteiger charge is 2.50. The van der Waals surface area contributed by atoms with E-state index in [1.54, 1.807) is 53.0 Å². The molecule has 0 spiro atoms. The highest BCUT2D eigenvalue weighted by molar-refractivity contribution is 6.02. The van der Waals surface area contributed by atoms with Crippen LogP contribution in [0.25, 0.3) is 5.52 Å². The lowest BCUT2D eigenvalue weighted by Crippen LogP contribution is -2.51. The van der Waals surface area contributed by atoms with Gasteiger partial charge in [-0.2, -0.15) is 5.10 Å². The topological polar surface area (TPSA) is 66.7 Å². The molecule has 7 heteroatoms. The second-order valence-corrected chi connectivity index (χ2v) is 11.2. The van der Waals surface area contributed by atoms with Crippen molar-refractivity contribution in [1.29, 1.82) is 0 Å². The molecule has 7 rings (SSSR count). The number of aromatic nitrogens is 2. The minimum absolute atomic E-state index is 0.107. The summed E-state index contributed by atoms with van der Waals surface area (Å²) in [5.41, 5.74) is 2.52. The third-order valence-electron chi connectivity index (χ3n) is 8.43. The van der Waals surface area contributed by atoms with Crippen molar-refractivity contribution in [3.05, 3.63) is 71.3 Å². The van der Waals surface area contributed by atoms with E-state index in [0.717, 1.165) is 29.9 Å². The zero-order chi connectivity index (χ0) is 24.2. The second-order valence-electron chi connectivity index (χ2n) is 11.2. The van der Waals surface area contributed by atoms with Gasteiger partial charge in [-0.05, 0) is 97.6 Å². The van der Waals surface area contributed by atoms with Gasteiger partial charge in [0.1, 0.15) is 5.82 Å². The highest BCUT2D eigenvalue weighted by Crippen LogP contribution is 2.59. The van der Waals surface area contributed by atoms with E-state index in [4.69, 9.17) is 0 Å². The van der Waals surface area contributed by atoms with Gasteiger partial charge < -0.3 is 10.2 Å². The largest absolute Gasteiger partial charge is 0.351 e. The van der Waals surface area contributed by atoms with Crippen LogP contribution in [0, 0.1) is 29.0 Å². The molecule has 0 atom stereocenters. The van der Waals surface area contributed by atoms with Gasteiger partial charge in [0, 0.05) is 26.3 Å². The van der Waals surface area contributed by atoms with E-state index < -0.39 is 0 Å². The first-order chi connectivity index (χ1) is 16.9. The fraction of sp³-hybridized carbons (Fsp3) is 0.464. The van der Waals surface area contributed by atoms with Gasteiger partial charge in [0.15, 0.2) is 5.69 Å². The maximum Gasteiger partial charge on any atom is 0.274 e. The fourth-order valence-corrected chi connectivity index (χ4v) is 7.31. The molecule has 2 amide bonds. The monoisotopic (exact) mass is 474 g/mol. The Kier molecular flexibility index (Phi) is 5.38. The number of carbonyl (C=O) groups excluding carboxylic acids is 2. The van der Waals surface area contributed by atoms with Crippen molar-refractivity contribution >= 4 is 17.3 Å². The first-order valence-electron chi connectivity index (χ1n) is 12.6. The summed E-state index contributed by atoms with van der Waals surface area (Å²) in [5, 5.41) is 7.67. The van der Waals surface area contributed by atoms with Gasteiger partial charge in [0.25, 0.3) is 11.8 Å².